The van der Waals surface area contributed by atoms with Crippen molar-refractivity contribution in [2.24, 2.45) is 0 Å². The summed E-state index contributed by atoms with van der Waals surface area (Å²) in [6.07, 6.45) is 0.842. The largest absolute Gasteiger partial charge is 0.497 e. The monoisotopic (exact) mass is 525 g/mol. The summed E-state index contributed by atoms with van der Waals surface area (Å²) in [5.41, 5.74) is 2.38. The van der Waals surface area contributed by atoms with Gasteiger partial charge in [0.05, 0.1) is 34.0 Å². The van der Waals surface area contributed by atoms with Gasteiger partial charge in [-0.2, -0.15) is 0 Å². The maximum atomic E-state index is 13.7. The van der Waals surface area contributed by atoms with Gasteiger partial charge in [-0.05, 0) is 47.5 Å². The molecule has 0 aliphatic carbocycles. The first-order chi connectivity index (χ1) is 18.4. The highest BCUT2D eigenvalue weighted by Crippen LogP contribution is 2.26. The van der Waals surface area contributed by atoms with Crippen LogP contribution in [0.5, 0.6) is 23.0 Å². The molecule has 1 unspecified atom stereocenters. The van der Waals surface area contributed by atoms with Crippen molar-refractivity contribution in [2.75, 3.05) is 41.6 Å². The van der Waals surface area contributed by atoms with E-state index in [1.54, 1.807) is 56.7 Å². The molecule has 3 aromatic rings. The van der Waals surface area contributed by atoms with Crippen molar-refractivity contribution in [2.45, 2.75) is 12.6 Å². The molecule has 1 atom stereocenters. The van der Waals surface area contributed by atoms with E-state index in [9.17, 15) is 14.3 Å². The Hall–Kier alpha value is -4.08. The molecule has 0 saturated carbocycles. The molecule has 0 bridgehead atoms. The number of methoxy groups -OCH3 is 4. The van der Waals surface area contributed by atoms with E-state index < -0.39 is 17.9 Å². The van der Waals surface area contributed by atoms with Gasteiger partial charge in [0.25, 0.3) is 0 Å². The number of esters is 1. The van der Waals surface area contributed by atoms with Gasteiger partial charge in [0.15, 0.2) is 11.6 Å². The van der Waals surface area contributed by atoms with Crippen molar-refractivity contribution in [1.29, 1.82) is 0 Å². The minimum absolute atomic E-state index is 0.0706. The van der Waals surface area contributed by atoms with Gasteiger partial charge in [-0.15, -0.1) is 0 Å². The Morgan fingerprint density at radius 2 is 1.63 bits per heavy atom. The second-order valence-electron chi connectivity index (χ2n) is 8.24. The van der Waals surface area contributed by atoms with Gasteiger partial charge >= 0.3 is 5.97 Å². The van der Waals surface area contributed by atoms with Crippen molar-refractivity contribution in [1.82, 2.24) is 5.32 Å². The molecule has 8 nitrogen and oxygen atoms in total. The minimum Gasteiger partial charge on any atom is -0.497 e. The van der Waals surface area contributed by atoms with Crippen LogP contribution in [-0.4, -0.2) is 58.8 Å². The third-order valence-electron chi connectivity index (χ3n) is 5.69. The Labute approximate surface area is 221 Å². The molecule has 0 amide bonds. The second-order valence-corrected chi connectivity index (χ2v) is 8.24. The fourth-order valence-corrected chi connectivity index (χ4v) is 3.66. The number of rotatable bonds is 13. The van der Waals surface area contributed by atoms with Crippen molar-refractivity contribution >= 4 is 17.6 Å². The average Bonchev–Trinajstić information content (AvgIpc) is 2.95. The molecular formula is C29H32FNO7. The first-order valence-corrected chi connectivity index (χ1v) is 11.8. The third-order valence-corrected chi connectivity index (χ3v) is 5.69. The van der Waals surface area contributed by atoms with Gasteiger partial charge in [0, 0.05) is 24.7 Å². The number of nitrogens with one attached hydrogen (secondary N) is 1. The van der Waals surface area contributed by atoms with Crippen molar-refractivity contribution in [3.63, 3.8) is 0 Å². The molecule has 0 aliphatic rings. The van der Waals surface area contributed by atoms with E-state index >= 15 is 0 Å². The van der Waals surface area contributed by atoms with Gasteiger partial charge < -0.3 is 34.1 Å². The lowest BCUT2D eigenvalue weighted by Crippen LogP contribution is -2.31. The number of hydrogen-bond acceptors (Lipinski definition) is 8. The molecule has 3 rings (SSSR count). The maximum absolute atomic E-state index is 13.7. The highest BCUT2D eigenvalue weighted by atomic mass is 19.1. The van der Waals surface area contributed by atoms with Crippen LogP contribution in [-0.2, 0) is 16.1 Å². The quantitative estimate of drug-likeness (QED) is 0.196. The predicted molar refractivity (Wildman–Crippen MR) is 142 cm³/mol. The summed E-state index contributed by atoms with van der Waals surface area (Å²) in [5, 5.41) is 13.5. The molecule has 0 radical (unpaired) electrons. The van der Waals surface area contributed by atoms with E-state index in [2.05, 4.69) is 5.32 Å². The molecule has 0 aliphatic heterocycles. The molecule has 9 heteroatoms. The van der Waals surface area contributed by atoms with E-state index in [1.165, 1.54) is 26.4 Å². The zero-order chi connectivity index (χ0) is 27.5. The Balaban J connectivity index is 1.58. The van der Waals surface area contributed by atoms with Gasteiger partial charge in [-0.3, -0.25) is 0 Å². The van der Waals surface area contributed by atoms with Crippen LogP contribution < -0.4 is 24.3 Å². The summed E-state index contributed by atoms with van der Waals surface area (Å²) in [6, 6.07) is 16.7. The Morgan fingerprint density at radius 1 is 0.921 bits per heavy atom. The summed E-state index contributed by atoms with van der Waals surface area (Å²) in [7, 11) is 5.85. The van der Waals surface area contributed by atoms with Crippen LogP contribution in [0.3, 0.4) is 0 Å². The summed E-state index contributed by atoms with van der Waals surface area (Å²) >= 11 is 0. The maximum Gasteiger partial charge on any atom is 0.338 e. The lowest BCUT2D eigenvalue weighted by Gasteiger charge is -2.15. The van der Waals surface area contributed by atoms with E-state index in [1.807, 2.05) is 12.1 Å². The summed E-state index contributed by atoms with van der Waals surface area (Å²) in [5.74, 6) is 0.956. The molecule has 2 N–H and O–H groups in total. The molecule has 0 fully saturated rings. The normalized spacial score (nSPS) is 12.0. The first kappa shape index (κ1) is 28.5. The standard InChI is InChI=1S/C29H32FNO7/c1-34-24-11-8-21(27(15-24)35-2)16-31-17-22(32)18-38-23-9-6-20(7-10-23)25(29(33)37-4)13-19-5-12-26(30)28(14-19)36-3/h5-15,22,31-32H,16-18H2,1-4H3. The van der Waals surface area contributed by atoms with Crippen LogP contribution in [0.25, 0.3) is 11.6 Å². The van der Waals surface area contributed by atoms with E-state index in [0.29, 0.717) is 41.5 Å². The van der Waals surface area contributed by atoms with Gasteiger partial charge in [-0.1, -0.05) is 24.3 Å². The summed E-state index contributed by atoms with van der Waals surface area (Å²) in [4.78, 5) is 12.4. The highest BCUT2D eigenvalue weighted by Gasteiger charge is 2.14. The van der Waals surface area contributed by atoms with Crippen LogP contribution >= 0.6 is 0 Å². The predicted octanol–water partition coefficient (Wildman–Crippen LogP) is 4.09. The Morgan fingerprint density at radius 3 is 2.29 bits per heavy atom. The van der Waals surface area contributed by atoms with Gasteiger partial charge in [-0.25, -0.2) is 9.18 Å². The van der Waals surface area contributed by atoms with Crippen molar-refractivity contribution in [3.05, 3.63) is 83.2 Å². The molecule has 0 aromatic heterocycles. The third kappa shape index (κ3) is 7.71. The smallest absolute Gasteiger partial charge is 0.338 e. The Kier molecular flexibility index (Phi) is 10.5. The molecule has 3 aromatic carbocycles. The van der Waals surface area contributed by atoms with Crippen molar-refractivity contribution < 1.29 is 38.0 Å². The SMILES string of the molecule is COC(=O)C(=Cc1ccc(F)c(OC)c1)c1ccc(OCC(O)CNCc2ccc(OC)cc2OC)cc1. The molecule has 0 saturated heterocycles. The number of benzene rings is 3. The van der Waals surface area contributed by atoms with Crippen LogP contribution in [0.15, 0.2) is 60.7 Å². The minimum atomic E-state index is -0.752. The number of carbonyl (C=O) groups excluding carboxylic acids is 1. The van der Waals surface area contributed by atoms with Crippen LogP contribution in [0, 0.1) is 5.82 Å². The van der Waals surface area contributed by atoms with Gasteiger partial charge in [0.2, 0.25) is 0 Å². The molecule has 0 heterocycles. The van der Waals surface area contributed by atoms with Crippen LogP contribution in [0.2, 0.25) is 0 Å². The number of carbonyl (C=O) groups is 1. The zero-order valence-electron chi connectivity index (χ0n) is 21.8. The highest BCUT2D eigenvalue weighted by molar-refractivity contribution is 6.21. The van der Waals surface area contributed by atoms with Crippen LogP contribution in [0.1, 0.15) is 16.7 Å². The molecule has 202 valence electrons. The van der Waals surface area contributed by atoms with E-state index in [-0.39, 0.29) is 17.9 Å². The topological polar surface area (TPSA) is 95.5 Å². The summed E-state index contributed by atoms with van der Waals surface area (Å²) < 4.78 is 40.0. The van der Waals surface area contributed by atoms with Crippen molar-refractivity contribution in [3.8, 4) is 23.0 Å². The van der Waals surface area contributed by atoms with Gasteiger partial charge in [0.1, 0.15) is 30.0 Å². The van der Waals surface area contributed by atoms with E-state index in [4.69, 9.17) is 23.7 Å². The fraction of sp³-hybridized carbons (Fsp3) is 0.276. The fourth-order valence-electron chi connectivity index (χ4n) is 3.66. The Bertz CT molecular complexity index is 1240. The molecule has 0 spiro atoms. The number of aliphatic hydroxyl groups is 1. The first-order valence-electron chi connectivity index (χ1n) is 11.8. The number of ether oxygens (including phenoxy) is 5. The number of hydrogen-bond donors (Lipinski definition) is 2. The zero-order valence-corrected chi connectivity index (χ0v) is 21.8. The lowest BCUT2D eigenvalue weighted by molar-refractivity contribution is -0.133. The molecule has 38 heavy (non-hydrogen) atoms. The summed E-state index contributed by atoms with van der Waals surface area (Å²) in [6.45, 7) is 0.881. The van der Waals surface area contributed by atoms with Crippen LogP contribution in [0.4, 0.5) is 4.39 Å². The van der Waals surface area contributed by atoms with E-state index in [0.717, 1.165) is 5.56 Å². The second kappa shape index (κ2) is 14.0. The lowest BCUT2D eigenvalue weighted by atomic mass is 10.0. The molecular weight excluding hydrogens is 493 g/mol. The average molecular weight is 526 g/mol. The number of halogens is 1. The number of aliphatic hydroxyl groups excluding tert-OH is 1.